The monoisotopic (exact) mass is 225 g/mol. The molecule has 2 aliphatic rings. The lowest BCUT2D eigenvalue weighted by atomic mass is 9.57. The first-order valence-electron chi connectivity index (χ1n) is 6.30. The lowest BCUT2D eigenvalue weighted by Gasteiger charge is -2.29. The third-order valence-corrected chi connectivity index (χ3v) is 3.84. The third kappa shape index (κ3) is 1.80. The molecule has 0 spiro atoms. The van der Waals surface area contributed by atoms with Crippen molar-refractivity contribution in [3.05, 3.63) is 48.0 Å². The summed E-state index contributed by atoms with van der Waals surface area (Å²) in [5.74, 6) is 0.485. The molecule has 2 unspecified atom stereocenters. The van der Waals surface area contributed by atoms with Crippen molar-refractivity contribution in [3.8, 4) is 0 Å². The predicted octanol–water partition coefficient (Wildman–Crippen LogP) is 2.18. The topological polar surface area (TPSA) is 20.3 Å². The Morgan fingerprint density at radius 3 is 2.71 bits per heavy atom. The Morgan fingerprint density at radius 1 is 1.29 bits per heavy atom. The summed E-state index contributed by atoms with van der Waals surface area (Å²) in [6, 6.07) is 10.8. The van der Waals surface area contributed by atoms with E-state index in [1.54, 1.807) is 0 Å². The van der Waals surface area contributed by atoms with Crippen molar-refractivity contribution < 1.29 is 4.79 Å². The van der Waals surface area contributed by atoms with Crippen LogP contribution in [0, 0.1) is 5.92 Å². The van der Waals surface area contributed by atoms with E-state index in [1.165, 1.54) is 5.56 Å². The lowest BCUT2D eigenvalue weighted by molar-refractivity contribution is -0.127. The number of rotatable bonds is 3. The fourth-order valence-corrected chi connectivity index (χ4v) is 3.02. The summed E-state index contributed by atoms with van der Waals surface area (Å²) in [7, 11) is 0. The summed E-state index contributed by atoms with van der Waals surface area (Å²) in [4.78, 5) is 14.1. The zero-order valence-electron chi connectivity index (χ0n) is 10.0. The first-order chi connectivity index (χ1) is 8.25. The Kier molecular flexibility index (Phi) is 2.54. The first-order valence-corrected chi connectivity index (χ1v) is 6.30. The maximum Gasteiger partial charge on any atom is 0.259 e. The lowest BCUT2D eigenvalue weighted by Crippen LogP contribution is -2.46. The van der Waals surface area contributed by atoms with Crippen molar-refractivity contribution >= 4 is 12.8 Å². The van der Waals surface area contributed by atoms with Gasteiger partial charge in [0.2, 0.25) is 5.91 Å². The number of fused-ring (bicyclic) bond motifs is 2. The molecule has 1 fully saturated rings. The minimum atomic E-state index is 0.165. The van der Waals surface area contributed by atoms with Crippen LogP contribution in [0.3, 0.4) is 0 Å². The van der Waals surface area contributed by atoms with Crippen LogP contribution in [0.2, 0.25) is 6.82 Å². The standard InChI is InChI=1S/C14H16BNO/c1-15(10-11-5-3-2-4-6-11)16-13-8-7-12(9-13)14(16)17/h2-8,12-13H,9-10H2,1H3. The smallest absolute Gasteiger partial charge is 0.259 e. The van der Waals surface area contributed by atoms with Crippen LogP contribution in [0.4, 0.5) is 0 Å². The van der Waals surface area contributed by atoms with E-state index in [2.05, 4.69) is 48.1 Å². The van der Waals surface area contributed by atoms with Gasteiger partial charge in [-0.2, -0.15) is 0 Å². The van der Waals surface area contributed by atoms with Crippen LogP contribution in [0.25, 0.3) is 0 Å². The molecule has 86 valence electrons. The van der Waals surface area contributed by atoms with Gasteiger partial charge < -0.3 is 4.81 Å². The summed E-state index contributed by atoms with van der Waals surface area (Å²) < 4.78 is 0. The molecule has 3 rings (SSSR count). The molecule has 17 heavy (non-hydrogen) atoms. The van der Waals surface area contributed by atoms with Gasteiger partial charge in [0, 0.05) is 6.04 Å². The molecular formula is C14H16BNO. The molecule has 1 aromatic carbocycles. The van der Waals surface area contributed by atoms with Crippen LogP contribution in [0.5, 0.6) is 0 Å². The summed E-state index contributed by atoms with van der Waals surface area (Å²) in [5, 5.41) is 0. The van der Waals surface area contributed by atoms with Gasteiger partial charge >= 0.3 is 0 Å². The van der Waals surface area contributed by atoms with E-state index < -0.39 is 0 Å². The SMILES string of the molecule is CB(Cc1ccccc1)N1C(=O)C2C=CC1C2. The molecule has 2 bridgehead atoms. The van der Waals surface area contributed by atoms with E-state index in [4.69, 9.17) is 0 Å². The number of carbonyl (C=O) groups excluding carboxylic acids is 1. The van der Waals surface area contributed by atoms with Crippen molar-refractivity contribution in [2.24, 2.45) is 5.92 Å². The van der Waals surface area contributed by atoms with Gasteiger partial charge in [0.05, 0.1) is 5.92 Å². The largest absolute Gasteiger partial charge is 0.380 e. The van der Waals surface area contributed by atoms with Gasteiger partial charge in [0.15, 0.2) is 0 Å². The number of nitrogens with zero attached hydrogens (tertiary/aromatic N) is 1. The fourth-order valence-electron chi connectivity index (χ4n) is 3.02. The number of hydrogen-bond donors (Lipinski definition) is 0. The second-order valence-electron chi connectivity index (χ2n) is 5.08. The van der Waals surface area contributed by atoms with Crippen LogP contribution in [0.1, 0.15) is 12.0 Å². The van der Waals surface area contributed by atoms with Crippen LogP contribution < -0.4 is 0 Å². The predicted molar refractivity (Wildman–Crippen MR) is 69.6 cm³/mol. The normalized spacial score (nSPS) is 25.7. The van der Waals surface area contributed by atoms with Gasteiger partial charge in [-0.15, -0.1) is 0 Å². The zero-order valence-corrected chi connectivity index (χ0v) is 10.0. The Morgan fingerprint density at radius 2 is 2.06 bits per heavy atom. The molecule has 1 heterocycles. The molecule has 0 radical (unpaired) electrons. The molecule has 0 aromatic heterocycles. The highest BCUT2D eigenvalue weighted by molar-refractivity contribution is 6.57. The second-order valence-corrected chi connectivity index (χ2v) is 5.08. The molecule has 1 aromatic rings. The molecule has 0 N–H and O–H groups in total. The van der Waals surface area contributed by atoms with Gasteiger partial charge in [0.25, 0.3) is 6.85 Å². The van der Waals surface area contributed by atoms with Crippen molar-refractivity contribution in [2.75, 3.05) is 0 Å². The number of benzene rings is 1. The Balaban J connectivity index is 1.73. The quantitative estimate of drug-likeness (QED) is 0.570. The Hall–Kier alpha value is -1.51. The third-order valence-electron chi connectivity index (χ3n) is 3.84. The van der Waals surface area contributed by atoms with Crippen LogP contribution in [-0.4, -0.2) is 23.6 Å². The van der Waals surface area contributed by atoms with Crippen molar-refractivity contribution in [1.82, 2.24) is 4.81 Å². The molecule has 1 aliphatic carbocycles. The van der Waals surface area contributed by atoms with Gasteiger partial charge in [-0.1, -0.05) is 54.9 Å². The minimum absolute atomic E-state index is 0.165. The van der Waals surface area contributed by atoms with Gasteiger partial charge in [-0.25, -0.2) is 0 Å². The maximum absolute atomic E-state index is 12.1. The Labute approximate surface area is 102 Å². The molecule has 1 saturated heterocycles. The summed E-state index contributed by atoms with van der Waals surface area (Å²) in [5.41, 5.74) is 1.31. The molecule has 2 nitrogen and oxygen atoms in total. The fraction of sp³-hybridized carbons (Fsp3) is 0.357. The highest BCUT2D eigenvalue weighted by atomic mass is 16.2. The average Bonchev–Trinajstić information content (AvgIpc) is 2.90. The molecule has 3 heteroatoms. The van der Waals surface area contributed by atoms with Crippen molar-refractivity contribution in [1.29, 1.82) is 0 Å². The van der Waals surface area contributed by atoms with Crippen molar-refractivity contribution in [2.45, 2.75) is 25.6 Å². The van der Waals surface area contributed by atoms with E-state index in [1.807, 2.05) is 6.07 Å². The number of carbonyl (C=O) groups is 1. The van der Waals surface area contributed by atoms with E-state index in [0.717, 1.165) is 12.7 Å². The Bertz CT molecular complexity index is 457. The highest BCUT2D eigenvalue weighted by Gasteiger charge is 2.43. The summed E-state index contributed by atoms with van der Waals surface area (Å²) in [6.45, 7) is 2.45. The first kappa shape index (κ1) is 10.6. The molecule has 2 atom stereocenters. The van der Waals surface area contributed by atoms with Crippen LogP contribution >= 0.6 is 0 Å². The summed E-state index contributed by atoms with van der Waals surface area (Å²) >= 11 is 0. The van der Waals surface area contributed by atoms with Crippen molar-refractivity contribution in [3.63, 3.8) is 0 Å². The molecule has 1 amide bonds. The van der Waals surface area contributed by atoms with E-state index >= 15 is 0 Å². The molecular weight excluding hydrogens is 209 g/mol. The van der Waals surface area contributed by atoms with E-state index in [0.29, 0.717) is 18.8 Å². The summed E-state index contributed by atoms with van der Waals surface area (Å²) in [6.07, 6.45) is 6.20. The zero-order chi connectivity index (χ0) is 11.8. The maximum atomic E-state index is 12.1. The molecule has 1 aliphatic heterocycles. The van der Waals surface area contributed by atoms with Gasteiger partial charge in [-0.3, -0.25) is 4.79 Å². The molecule has 0 saturated carbocycles. The number of hydrogen-bond acceptors (Lipinski definition) is 1. The highest BCUT2D eigenvalue weighted by Crippen LogP contribution is 2.33. The van der Waals surface area contributed by atoms with Crippen LogP contribution in [0.15, 0.2) is 42.5 Å². The van der Waals surface area contributed by atoms with E-state index in [-0.39, 0.29) is 5.92 Å². The van der Waals surface area contributed by atoms with Crippen LogP contribution in [-0.2, 0) is 11.1 Å². The van der Waals surface area contributed by atoms with Gasteiger partial charge in [0.1, 0.15) is 0 Å². The van der Waals surface area contributed by atoms with Gasteiger partial charge in [-0.05, 0) is 12.7 Å². The number of amides is 1. The second kappa shape index (κ2) is 4.06. The average molecular weight is 225 g/mol. The van der Waals surface area contributed by atoms with E-state index in [9.17, 15) is 4.79 Å². The minimum Gasteiger partial charge on any atom is -0.380 e.